The summed E-state index contributed by atoms with van der Waals surface area (Å²) in [5.41, 5.74) is 29.2. The highest BCUT2D eigenvalue weighted by atomic mass is 15.4. The van der Waals surface area contributed by atoms with Crippen molar-refractivity contribution in [2.24, 2.45) is 64.4 Å². The van der Waals surface area contributed by atoms with Crippen LogP contribution >= 0.6 is 0 Å². The molecule has 0 aromatic carbocycles. The van der Waals surface area contributed by atoms with Gasteiger partial charge in [0.25, 0.3) is 0 Å². The summed E-state index contributed by atoms with van der Waals surface area (Å²) in [5, 5.41) is 25.1. The lowest BCUT2D eigenvalue weighted by molar-refractivity contribution is 0.996. The van der Waals surface area contributed by atoms with Crippen LogP contribution in [0, 0.1) is 0 Å². The van der Waals surface area contributed by atoms with E-state index in [9.17, 15) is 0 Å². The molecule has 0 saturated carbocycles. The second-order valence-corrected chi connectivity index (χ2v) is 3.63. The number of nitrogens with one attached hydrogen (secondary N) is 1. The van der Waals surface area contributed by atoms with Gasteiger partial charge in [-0.3, -0.25) is 0 Å². The summed E-state index contributed by atoms with van der Waals surface area (Å²) >= 11 is 0. The van der Waals surface area contributed by atoms with E-state index < -0.39 is 0 Å². The molecular formula is C9H19N13. The largest absolute Gasteiger partial charge is 0.369 e. The van der Waals surface area contributed by atoms with E-state index in [1.807, 2.05) is 0 Å². The van der Waals surface area contributed by atoms with Gasteiger partial charge in [0.05, 0.1) is 23.9 Å². The van der Waals surface area contributed by atoms with E-state index in [1.54, 1.807) is 13.8 Å². The molecule has 0 radical (unpaired) electrons. The fourth-order valence-corrected chi connectivity index (χ4v) is 0.714. The van der Waals surface area contributed by atoms with Crippen LogP contribution in [0.4, 0.5) is 0 Å². The van der Waals surface area contributed by atoms with Crippen molar-refractivity contribution in [3.05, 3.63) is 0 Å². The van der Waals surface area contributed by atoms with Crippen LogP contribution < -0.4 is 34.1 Å². The lowest BCUT2D eigenvalue weighted by Gasteiger charge is -1.95. The van der Waals surface area contributed by atoms with Crippen molar-refractivity contribution in [3.8, 4) is 0 Å². The summed E-state index contributed by atoms with van der Waals surface area (Å²) in [6.45, 7) is 3.25. The Morgan fingerprint density at radius 3 is 1.73 bits per heavy atom. The first-order chi connectivity index (χ1) is 10.3. The minimum absolute atomic E-state index is 0.0585. The van der Waals surface area contributed by atoms with E-state index in [-0.39, 0.29) is 17.9 Å². The molecule has 0 aromatic rings. The predicted molar refractivity (Wildman–Crippen MR) is 89.6 cm³/mol. The molecule has 0 saturated heterocycles. The van der Waals surface area contributed by atoms with Gasteiger partial charge in [-0.1, -0.05) is 0 Å². The lowest BCUT2D eigenvalue weighted by atomic mass is 10.5. The highest BCUT2D eigenvalue weighted by Crippen LogP contribution is 1.78. The van der Waals surface area contributed by atoms with Crippen LogP contribution in [0.3, 0.4) is 0 Å². The maximum Gasteiger partial charge on any atom is 0.234 e. The zero-order chi connectivity index (χ0) is 17.0. The molecule has 120 valence electrons. The summed E-state index contributed by atoms with van der Waals surface area (Å²) in [4.78, 5) is 0. The third-order valence-electron chi connectivity index (χ3n) is 1.49. The Labute approximate surface area is 126 Å². The Hall–Kier alpha value is -3.51. The van der Waals surface area contributed by atoms with Gasteiger partial charge in [-0.25, -0.2) is 5.43 Å². The number of guanidine groups is 3. The fourth-order valence-electron chi connectivity index (χ4n) is 0.714. The number of hydrazone groups is 1. The van der Waals surface area contributed by atoms with E-state index in [4.69, 9.17) is 28.7 Å². The first-order valence-electron chi connectivity index (χ1n) is 5.73. The van der Waals surface area contributed by atoms with Crippen LogP contribution in [0.5, 0.6) is 0 Å². The molecule has 0 unspecified atom stereocenters. The van der Waals surface area contributed by atoms with E-state index in [2.05, 4.69) is 41.1 Å². The molecule has 0 aliphatic rings. The second kappa shape index (κ2) is 10.3. The highest BCUT2D eigenvalue weighted by molar-refractivity contribution is 6.30. The van der Waals surface area contributed by atoms with E-state index in [0.29, 0.717) is 11.4 Å². The van der Waals surface area contributed by atoms with Crippen molar-refractivity contribution < 1.29 is 0 Å². The Balaban J connectivity index is 4.46. The summed E-state index contributed by atoms with van der Waals surface area (Å²) in [6.07, 6.45) is 2.64. The lowest BCUT2D eigenvalue weighted by Crippen LogP contribution is -2.27. The van der Waals surface area contributed by atoms with Crippen molar-refractivity contribution in [1.29, 1.82) is 0 Å². The molecular weight excluding hydrogens is 290 g/mol. The molecule has 0 aliphatic heterocycles. The number of nitrogens with zero attached hydrogens (tertiary/aromatic N) is 7. The zero-order valence-electron chi connectivity index (χ0n) is 12.2. The SMILES string of the molecule is CC(C=NN=C(N)NN=CC(C)=NN=C(N)N)=NN=C(N)N. The molecule has 0 atom stereocenters. The molecule has 13 heteroatoms. The van der Waals surface area contributed by atoms with Gasteiger partial charge in [-0.2, -0.15) is 20.4 Å². The number of rotatable bonds is 6. The normalized spacial score (nSPS) is 13.5. The molecule has 0 bridgehead atoms. The third-order valence-corrected chi connectivity index (χ3v) is 1.49. The Kier molecular flexibility index (Phi) is 8.66. The van der Waals surface area contributed by atoms with Crippen molar-refractivity contribution in [2.45, 2.75) is 13.8 Å². The number of hydrogen-bond donors (Lipinski definition) is 6. The third kappa shape index (κ3) is 11.6. The van der Waals surface area contributed by atoms with Gasteiger partial charge in [-0.05, 0) is 13.8 Å². The van der Waals surface area contributed by atoms with Crippen LogP contribution in [-0.4, -0.2) is 41.7 Å². The van der Waals surface area contributed by atoms with Gasteiger partial charge in [0, 0.05) is 0 Å². The maximum atomic E-state index is 5.49. The Bertz CT molecular complexity index is 554. The van der Waals surface area contributed by atoms with Crippen molar-refractivity contribution >= 4 is 41.7 Å². The van der Waals surface area contributed by atoms with Crippen LogP contribution in [0.15, 0.2) is 35.7 Å². The summed E-state index contributed by atoms with van der Waals surface area (Å²) < 4.78 is 0. The molecule has 22 heavy (non-hydrogen) atoms. The van der Waals surface area contributed by atoms with Gasteiger partial charge < -0.3 is 28.7 Å². The molecule has 0 spiro atoms. The molecule has 0 aromatic heterocycles. The average molecular weight is 309 g/mol. The second-order valence-electron chi connectivity index (χ2n) is 3.63. The Morgan fingerprint density at radius 1 is 0.727 bits per heavy atom. The first kappa shape index (κ1) is 18.5. The summed E-state index contributed by atoms with van der Waals surface area (Å²) in [6, 6.07) is 0. The zero-order valence-corrected chi connectivity index (χ0v) is 12.2. The van der Waals surface area contributed by atoms with Crippen LogP contribution in [0.25, 0.3) is 0 Å². The quantitative estimate of drug-likeness (QED) is 0.172. The van der Waals surface area contributed by atoms with Crippen molar-refractivity contribution in [1.82, 2.24) is 5.43 Å². The van der Waals surface area contributed by atoms with Gasteiger partial charge in [0.2, 0.25) is 17.9 Å². The standard InChI is InChI=1S/C9H19N13/c1-5(17-19-7(10)11)3-15-21-9(14)22-16-4-6(2)18-20-8(12)13/h3-4H,1-2H3,(H4,10,11,19)(H4,12,13,20)(H3,14,21,22). The summed E-state index contributed by atoms with van der Waals surface area (Å²) in [7, 11) is 0. The van der Waals surface area contributed by atoms with E-state index in [1.165, 1.54) is 12.4 Å². The minimum atomic E-state index is -0.162. The smallest absolute Gasteiger partial charge is 0.234 e. The molecule has 0 fully saturated rings. The molecule has 11 N–H and O–H groups in total. The van der Waals surface area contributed by atoms with Crippen molar-refractivity contribution in [3.63, 3.8) is 0 Å². The maximum absolute atomic E-state index is 5.49. The van der Waals surface area contributed by atoms with Crippen LogP contribution in [-0.2, 0) is 0 Å². The van der Waals surface area contributed by atoms with Gasteiger partial charge in [-0.15, -0.1) is 15.3 Å². The van der Waals surface area contributed by atoms with Crippen molar-refractivity contribution in [2.75, 3.05) is 0 Å². The topological polar surface area (TPSA) is 229 Å². The number of hydrogen-bond acceptors (Lipinski definition) is 7. The van der Waals surface area contributed by atoms with Gasteiger partial charge >= 0.3 is 0 Å². The fraction of sp³-hybridized carbons (Fsp3) is 0.222. The summed E-state index contributed by atoms with van der Waals surface area (Å²) in [5.74, 6) is -0.379. The monoisotopic (exact) mass is 309 g/mol. The Morgan fingerprint density at radius 2 is 1.23 bits per heavy atom. The molecule has 13 nitrogen and oxygen atoms in total. The van der Waals surface area contributed by atoms with Crippen LogP contribution in [0.1, 0.15) is 13.8 Å². The molecule has 0 aliphatic carbocycles. The average Bonchev–Trinajstić information content (AvgIpc) is 2.43. The highest BCUT2D eigenvalue weighted by Gasteiger charge is 1.88. The van der Waals surface area contributed by atoms with Gasteiger partial charge in [0.1, 0.15) is 0 Å². The van der Waals surface area contributed by atoms with Crippen LogP contribution in [0.2, 0.25) is 0 Å². The first-order valence-corrected chi connectivity index (χ1v) is 5.73. The molecule has 0 rings (SSSR count). The predicted octanol–water partition coefficient (Wildman–Crippen LogP) is -2.84. The van der Waals surface area contributed by atoms with E-state index in [0.717, 1.165) is 0 Å². The van der Waals surface area contributed by atoms with Gasteiger partial charge in [0.15, 0.2) is 0 Å². The minimum Gasteiger partial charge on any atom is -0.369 e. The molecule has 0 heterocycles. The molecule has 0 amide bonds. The van der Waals surface area contributed by atoms with E-state index >= 15 is 0 Å². The number of nitrogens with two attached hydrogens (primary N) is 5.